The average molecular weight is 445 g/mol. The Labute approximate surface area is 179 Å². The summed E-state index contributed by atoms with van der Waals surface area (Å²) in [6, 6.07) is 3.45. The summed E-state index contributed by atoms with van der Waals surface area (Å²) < 4.78 is 47.9. The second-order valence-corrected chi connectivity index (χ2v) is 7.57. The van der Waals surface area contributed by atoms with E-state index in [2.05, 4.69) is 15.0 Å². The summed E-state index contributed by atoms with van der Waals surface area (Å²) >= 11 is 0. The lowest BCUT2D eigenvalue weighted by Crippen LogP contribution is -2.39. The van der Waals surface area contributed by atoms with Crippen LogP contribution in [0.1, 0.15) is 50.4 Å². The highest BCUT2D eigenvalue weighted by Gasteiger charge is 2.39. The standard InChI is InChI=1S/C20H30F3N5O3/c1-12-17(31-14-7-5-4-6-8-14)10-9-15(27-12)18(24)16(28(3)25)11-26-19(29)30-13(2)20(21,22)23/h9-10,13-14H,4-8,11,24-25H2,1-3H3,(H,26,29)/b18-16-. The van der Waals surface area contributed by atoms with Gasteiger partial charge in [-0.2, -0.15) is 13.2 Å². The third-order valence-corrected chi connectivity index (χ3v) is 5.04. The number of hydrogen-bond donors (Lipinski definition) is 3. The lowest BCUT2D eigenvalue weighted by atomic mass is 9.98. The monoisotopic (exact) mass is 445 g/mol. The number of hydrogen-bond acceptors (Lipinski definition) is 7. The lowest BCUT2D eigenvalue weighted by Gasteiger charge is -2.24. The molecule has 0 radical (unpaired) electrons. The molecule has 0 aliphatic heterocycles. The number of hydrazine groups is 1. The molecule has 1 amide bonds. The molecule has 1 aliphatic carbocycles. The summed E-state index contributed by atoms with van der Waals surface area (Å²) in [5.41, 5.74) is 7.66. The van der Waals surface area contributed by atoms with Crippen LogP contribution in [0.3, 0.4) is 0 Å². The van der Waals surface area contributed by atoms with Crippen LogP contribution >= 0.6 is 0 Å². The van der Waals surface area contributed by atoms with Crippen molar-refractivity contribution in [2.45, 2.75) is 64.3 Å². The first kappa shape index (κ1) is 24.6. The number of amides is 1. The average Bonchev–Trinajstić information content (AvgIpc) is 2.69. The highest BCUT2D eigenvalue weighted by Crippen LogP contribution is 2.26. The Morgan fingerprint density at radius 1 is 1.32 bits per heavy atom. The van der Waals surface area contributed by atoms with E-state index in [0.717, 1.165) is 37.6 Å². The van der Waals surface area contributed by atoms with Crippen molar-refractivity contribution in [3.8, 4) is 5.75 Å². The molecule has 11 heteroatoms. The van der Waals surface area contributed by atoms with E-state index in [4.69, 9.17) is 16.3 Å². The van der Waals surface area contributed by atoms with Gasteiger partial charge in [-0.3, -0.25) is 0 Å². The molecule has 2 rings (SSSR count). The summed E-state index contributed by atoms with van der Waals surface area (Å²) in [7, 11) is 1.49. The van der Waals surface area contributed by atoms with Crippen molar-refractivity contribution in [2.75, 3.05) is 13.6 Å². The Bertz CT molecular complexity index is 793. The molecule has 174 valence electrons. The minimum absolute atomic E-state index is 0.168. The lowest BCUT2D eigenvalue weighted by molar-refractivity contribution is -0.197. The number of alkyl halides is 3. The number of alkyl carbamates (subject to hydrolysis) is 1. The Morgan fingerprint density at radius 2 is 1.97 bits per heavy atom. The zero-order valence-corrected chi connectivity index (χ0v) is 18.0. The normalized spacial score (nSPS) is 16.9. The Hall–Kier alpha value is -2.69. The minimum atomic E-state index is -4.65. The number of nitrogens with one attached hydrogen (secondary N) is 1. The van der Waals surface area contributed by atoms with E-state index < -0.39 is 18.4 Å². The van der Waals surface area contributed by atoms with Crippen LogP contribution in [-0.2, 0) is 4.74 Å². The molecular weight excluding hydrogens is 415 g/mol. The smallest absolute Gasteiger partial charge is 0.425 e. The molecule has 5 N–H and O–H groups in total. The quantitative estimate of drug-likeness (QED) is 0.436. The molecule has 0 spiro atoms. The minimum Gasteiger partial charge on any atom is -0.489 e. The second kappa shape index (κ2) is 10.6. The highest BCUT2D eigenvalue weighted by atomic mass is 19.4. The summed E-state index contributed by atoms with van der Waals surface area (Å²) in [5.74, 6) is 6.47. The Kier molecular flexibility index (Phi) is 8.37. The van der Waals surface area contributed by atoms with Gasteiger partial charge in [0.05, 0.1) is 35.4 Å². The number of likely N-dealkylation sites (N-methyl/N-ethyl adjacent to an activating group) is 1. The van der Waals surface area contributed by atoms with E-state index in [1.165, 1.54) is 13.5 Å². The number of carbonyl (C=O) groups excluding carboxylic acids is 1. The maximum atomic E-state index is 12.5. The molecule has 1 heterocycles. The molecular formula is C20H30F3N5O3. The van der Waals surface area contributed by atoms with Crippen molar-refractivity contribution in [1.29, 1.82) is 0 Å². The van der Waals surface area contributed by atoms with Crippen molar-refractivity contribution in [3.63, 3.8) is 0 Å². The molecule has 0 saturated heterocycles. The molecule has 0 aromatic carbocycles. The molecule has 1 aromatic heterocycles. The van der Waals surface area contributed by atoms with Crippen LogP contribution < -0.4 is 21.6 Å². The summed E-state index contributed by atoms with van der Waals surface area (Å²) in [4.78, 5) is 16.2. The van der Waals surface area contributed by atoms with Gasteiger partial charge in [-0.1, -0.05) is 6.42 Å². The third-order valence-electron chi connectivity index (χ3n) is 5.04. The molecule has 1 atom stereocenters. The van der Waals surface area contributed by atoms with E-state index in [0.29, 0.717) is 17.1 Å². The summed E-state index contributed by atoms with van der Waals surface area (Å²) in [6.45, 7) is 2.29. The van der Waals surface area contributed by atoms with Crippen LogP contribution in [-0.4, -0.2) is 48.1 Å². The number of rotatable bonds is 7. The number of pyridine rings is 1. The van der Waals surface area contributed by atoms with Crippen molar-refractivity contribution in [2.24, 2.45) is 11.6 Å². The number of ether oxygens (including phenoxy) is 2. The van der Waals surface area contributed by atoms with Crippen molar-refractivity contribution in [3.05, 3.63) is 29.2 Å². The van der Waals surface area contributed by atoms with Gasteiger partial charge in [0.25, 0.3) is 0 Å². The number of nitrogens with zero attached hydrogens (tertiary/aromatic N) is 2. The largest absolute Gasteiger partial charge is 0.489 e. The van der Waals surface area contributed by atoms with E-state index in [1.807, 2.05) is 0 Å². The molecule has 8 nitrogen and oxygen atoms in total. The maximum absolute atomic E-state index is 12.5. The molecule has 1 unspecified atom stereocenters. The first-order chi connectivity index (χ1) is 14.5. The fraction of sp³-hybridized carbons (Fsp3) is 0.600. The van der Waals surface area contributed by atoms with Crippen LogP contribution in [0, 0.1) is 6.92 Å². The number of aryl methyl sites for hydroxylation is 1. The molecule has 0 bridgehead atoms. The summed E-state index contributed by atoms with van der Waals surface area (Å²) in [5, 5.41) is 3.38. The van der Waals surface area contributed by atoms with Gasteiger partial charge in [0.15, 0.2) is 6.10 Å². The number of aromatic nitrogens is 1. The highest BCUT2D eigenvalue weighted by molar-refractivity contribution is 5.69. The van der Waals surface area contributed by atoms with Gasteiger partial charge in [-0.15, -0.1) is 0 Å². The van der Waals surface area contributed by atoms with Crippen molar-refractivity contribution >= 4 is 11.8 Å². The summed E-state index contributed by atoms with van der Waals surface area (Å²) in [6.07, 6.45) is -2.41. The topological polar surface area (TPSA) is 116 Å². The Balaban J connectivity index is 2.09. The zero-order valence-electron chi connectivity index (χ0n) is 18.0. The van der Waals surface area contributed by atoms with Crippen LogP contribution in [0.2, 0.25) is 0 Å². The predicted molar refractivity (Wildman–Crippen MR) is 110 cm³/mol. The fourth-order valence-corrected chi connectivity index (χ4v) is 3.17. The SMILES string of the molecule is Cc1nc(/C(N)=C(\CNC(=O)OC(C)C(F)(F)F)N(C)N)ccc1OC1CCCCC1. The molecule has 1 saturated carbocycles. The van der Waals surface area contributed by atoms with Gasteiger partial charge >= 0.3 is 12.3 Å². The Morgan fingerprint density at radius 3 is 2.52 bits per heavy atom. The molecule has 1 fully saturated rings. The first-order valence-corrected chi connectivity index (χ1v) is 10.1. The molecule has 1 aliphatic rings. The van der Waals surface area contributed by atoms with Crippen molar-refractivity contribution in [1.82, 2.24) is 15.3 Å². The van der Waals surface area contributed by atoms with Crippen LogP contribution in [0.5, 0.6) is 5.75 Å². The van der Waals surface area contributed by atoms with Crippen LogP contribution in [0.15, 0.2) is 17.8 Å². The zero-order chi connectivity index (χ0) is 23.2. The van der Waals surface area contributed by atoms with E-state index >= 15 is 0 Å². The van der Waals surface area contributed by atoms with Gasteiger partial charge in [-0.25, -0.2) is 15.6 Å². The first-order valence-electron chi connectivity index (χ1n) is 10.1. The van der Waals surface area contributed by atoms with E-state index in [9.17, 15) is 18.0 Å². The number of nitrogens with two attached hydrogens (primary N) is 2. The van der Waals surface area contributed by atoms with Gasteiger partial charge < -0.3 is 25.5 Å². The van der Waals surface area contributed by atoms with Gasteiger partial charge in [0, 0.05) is 7.05 Å². The van der Waals surface area contributed by atoms with Gasteiger partial charge in [0.1, 0.15) is 5.75 Å². The van der Waals surface area contributed by atoms with Gasteiger partial charge in [0.2, 0.25) is 0 Å². The van der Waals surface area contributed by atoms with E-state index in [-0.39, 0.29) is 24.0 Å². The fourth-order valence-electron chi connectivity index (χ4n) is 3.17. The third kappa shape index (κ3) is 7.20. The number of halogens is 3. The molecule has 1 aromatic rings. The number of carbonyl (C=O) groups is 1. The van der Waals surface area contributed by atoms with Crippen molar-refractivity contribution < 1.29 is 27.4 Å². The van der Waals surface area contributed by atoms with Crippen LogP contribution in [0.25, 0.3) is 5.70 Å². The van der Waals surface area contributed by atoms with E-state index in [1.54, 1.807) is 19.1 Å². The van der Waals surface area contributed by atoms with Gasteiger partial charge in [-0.05, 0) is 51.7 Å². The molecule has 31 heavy (non-hydrogen) atoms. The maximum Gasteiger partial charge on any atom is 0.425 e. The second-order valence-electron chi connectivity index (χ2n) is 7.57. The van der Waals surface area contributed by atoms with Crippen LogP contribution in [0.4, 0.5) is 18.0 Å². The predicted octanol–water partition coefficient (Wildman–Crippen LogP) is 3.21.